The zero-order chi connectivity index (χ0) is 8.10. The van der Waals surface area contributed by atoms with Crippen LogP contribution in [0.4, 0.5) is 4.79 Å². The van der Waals surface area contributed by atoms with E-state index >= 15 is 0 Å². The van der Waals surface area contributed by atoms with E-state index in [-0.39, 0.29) is 12.7 Å². The van der Waals surface area contributed by atoms with Gasteiger partial charge < -0.3 is 14.7 Å². The summed E-state index contributed by atoms with van der Waals surface area (Å²) in [5.74, 6) is 0. The highest BCUT2D eigenvalue weighted by Gasteiger charge is 2.21. The van der Waals surface area contributed by atoms with Gasteiger partial charge >= 0.3 is 6.09 Å². The number of carbonyl (C=O) groups is 1. The number of rotatable bonds is 3. The zero-order valence-corrected chi connectivity index (χ0v) is 6.32. The van der Waals surface area contributed by atoms with Crippen LogP contribution in [0.3, 0.4) is 0 Å². The van der Waals surface area contributed by atoms with E-state index in [0.717, 1.165) is 0 Å². The smallest absolute Gasteiger partial charge is 0.409 e. The molecule has 11 heavy (non-hydrogen) atoms. The molecular weight excluding hydrogens is 146 g/mol. The van der Waals surface area contributed by atoms with Crippen molar-refractivity contribution in [3.8, 4) is 0 Å². The number of aliphatic hydroxyl groups is 1. The largest absolute Gasteiger partial charge is 0.449 e. The quantitative estimate of drug-likeness (QED) is 0.589. The van der Waals surface area contributed by atoms with Crippen molar-refractivity contribution in [1.29, 1.82) is 0 Å². The summed E-state index contributed by atoms with van der Waals surface area (Å²) in [6, 6.07) is 0. The van der Waals surface area contributed by atoms with Gasteiger partial charge in [-0.15, -0.1) is 0 Å². The molecule has 0 bridgehead atoms. The van der Waals surface area contributed by atoms with Crippen LogP contribution in [0.1, 0.15) is 6.42 Å². The number of carbonyl (C=O) groups excluding carboxylic acids is 1. The second-order valence-electron chi connectivity index (χ2n) is 2.39. The first kappa shape index (κ1) is 8.33. The van der Waals surface area contributed by atoms with Gasteiger partial charge in [0.05, 0.1) is 6.61 Å². The van der Waals surface area contributed by atoms with E-state index in [2.05, 4.69) is 0 Å². The maximum absolute atomic E-state index is 10.9. The lowest BCUT2D eigenvalue weighted by atomic mass is 10.2. The highest BCUT2D eigenvalue weighted by molar-refractivity contribution is 5.69. The van der Waals surface area contributed by atoms with E-state index in [1.165, 1.54) is 0 Å². The van der Waals surface area contributed by atoms with Gasteiger partial charge in [-0.3, -0.25) is 0 Å². The third-order valence-electron chi connectivity index (χ3n) is 1.49. The summed E-state index contributed by atoms with van der Waals surface area (Å²) < 4.78 is 4.79. The average Bonchev–Trinajstić information content (AvgIpc) is 1.84. The molecule has 1 rings (SSSR count). The first-order chi connectivity index (χ1) is 5.34. The third-order valence-corrected chi connectivity index (χ3v) is 1.49. The lowest BCUT2D eigenvalue weighted by Gasteiger charge is -2.29. The van der Waals surface area contributed by atoms with Crippen molar-refractivity contribution in [3.63, 3.8) is 0 Å². The molecule has 1 amide bonds. The summed E-state index contributed by atoms with van der Waals surface area (Å²) in [4.78, 5) is 12.5. The Morgan fingerprint density at radius 2 is 2.36 bits per heavy atom. The molecule has 0 atom stereocenters. The van der Waals surface area contributed by atoms with Crippen molar-refractivity contribution >= 4 is 6.09 Å². The minimum Gasteiger partial charge on any atom is -0.449 e. The van der Waals surface area contributed by atoms with Gasteiger partial charge in [0, 0.05) is 32.5 Å². The Hall–Kier alpha value is -0.770. The molecule has 1 heterocycles. The molecule has 0 aromatic rings. The van der Waals surface area contributed by atoms with Gasteiger partial charge in [0.25, 0.3) is 0 Å². The molecule has 0 spiro atoms. The molecule has 1 saturated heterocycles. The van der Waals surface area contributed by atoms with Gasteiger partial charge in [0.1, 0.15) is 0 Å². The average molecular weight is 158 g/mol. The van der Waals surface area contributed by atoms with E-state index in [0.29, 0.717) is 26.1 Å². The fourth-order valence-corrected chi connectivity index (χ4v) is 0.723. The van der Waals surface area contributed by atoms with E-state index < -0.39 is 0 Å². The Morgan fingerprint density at radius 3 is 2.82 bits per heavy atom. The molecule has 0 aliphatic carbocycles. The topological polar surface area (TPSA) is 49.8 Å². The standard InChI is InChI=1S/C7H12NO3/c9-5-2-6-11-7(10)8-3-1-4-8/h1,9H,2-6H2. The Balaban J connectivity index is 2.01. The van der Waals surface area contributed by atoms with Crippen LogP contribution >= 0.6 is 0 Å². The number of hydrogen-bond acceptors (Lipinski definition) is 3. The lowest BCUT2D eigenvalue weighted by molar-refractivity contribution is 0.0891. The summed E-state index contributed by atoms with van der Waals surface area (Å²) in [6.45, 7) is 1.77. The summed E-state index contributed by atoms with van der Waals surface area (Å²) in [5.41, 5.74) is 0. The predicted octanol–water partition coefficient (Wildman–Crippen LogP) is 0.0253. The maximum Gasteiger partial charge on any atom is 0.409 e. The van der Waals surface area contributed by atoms with Crippen LogP contribution < -0.4 is 0 Å². The summed E-state index contributed by atoms with van der Waals surface area (Å²) in [6.07, 6.45) is 2.23. The Morgan fingerprint density at radius 1 is 1.64 bits per heavy atom. The highest BCUT2D eigenvalue weighted by Crippen LogP contribution is 2.06. The Labute approximate surface area is 65.8 Å². The summed E-state index contributed by atoms with van der Waals surface area (Å²) >= 11 is 0. The molecule has 1 N–H and O–H groups in total. The molecule has 0 aromatic carbocycles. The van der Waals surface area contributed by atoms with Crippen LogP contribution in [0.25, 0.3) is 0 Å². The summed E-state index contributed by atoms with van der Waals surface area (Å²) in [7, 11) is 0. The van der Waals surface area contributed by atoms with Crippen LogP contribution in [0, 0.1) is 6.42 Å². The Bertz CT molecular complexity index is 134. The van der Waals surface area contributed by atoms with Crippen molar-refractivity contribution < 1.29 is 14.6 Å². The van der Waals surface area contributed by atoms with Crippen molar-refractivity contribution in [3.05, 3.63) is 6.42 Å². The first-order valence-electron chi connectivity index (χ1n) is 3.69. The highest BCUT2D eigenvalue weighted by atomic mass is 16.6. The normalized spacial score (nSPS) is 15.9. The fraction of sp³-hybridized carbons (Fsp3) is 0.714. The molecule has 0 unspecified atom stereocenters. The van der Waals surface area contributed by atoms with Gasteiger partial charge in [-0.05, 0) is 0 Å². The van der Waals surface area contributed by atoms with Crippen LogP contribution in [0.2, 0.25) is 0 Å². The molecule has 1 aliphatic heterocycles. The Kier molecular flexibility index (Phi) is 3.16. The van der Waals surface area contributed by atoms with Crippen LogP contribution in [-0.2, 0) is 4.74 Å². The molecule has 1 radical (unpaired) electrons. The van der Waals surface area contributed by atoms with Crippen molar-refractivity contribution in [2.45, 2.75) is 6.42 Å². The molecular formula is C7H12NO3. The van der Waals surface area contributed by atoms with Crippen molar-refractivity contribution in [2.75, 3.05) is 26.3 Å². The minimum atomic E-state index is -0.277. The first-order valence-corrected chi connectivity index (χ1v) is 3.69. The second-order valence-corrected chi connectivity index (χ2v) is 2.39. The van der Waals surface area contributed by atoms with Crippen molar-refractivity contribution in [2.24, 2.45) is 0 Å². The number of hydrogen-bond donors (Lipinski definition) is 1. The molecule has 63 valence electrons. The molecule has 0 saturated carbocycles. The van der Waals surface area contributed by atoms with Gasteiger partial charge in [0.2, 0.25) is 0 Å². The fourth-order valence-electron chi connectivity index (χ4n) is 0.723. The van der Waals surface area contributed by atoms with E-state index in [1.54, 1.807) is 4.90 Å². The molecule has 1 fully saturated rings. The predicted molar refractivity (Wildman–Crippen MR) is 38.9 cm³/mol. The van der Waals surface area contributed by atoms with Crippen LogP contribution in [0.15, 0.2) is 0 Å². The molecule has 4 nitrogen and oxygen atoms in total. The van der Waals surface area contributed by atoms with E-state index in [1.807, 2.05) is 6.42 Å². The number of nitrogens with zero attached hydrogens (tertiary/aromatic N) is 1. The van der Waals surface area contributed by atoms with Crippen molar-refractivity contribution in [1.82, 2.24) is 4.90 Å². The molecule has 4 heteroatoms. The van der Waals surface area contributed by atoms with E-state index in [4.69, 9.17) is 9.84 Å². The van der Waals surface area contributed by atoms with Crippen LogP contribution in [-0.4, -0.2) is 42.4 Å². The number of aliphatic hydroxyl groups excluding tert-OH is 1. The molecule has 1 aliphatic rings. The number of likely N-dealkylation sites (tertiary alicyclic amines) is 1. The van der Waals surface area contributed by atoms with Gasteiger partial charge in [0.15, 0.2) is 0 Å². The SMILES string of the molecule is O=C(OCCCO)N1C[CH]C1. The van der Waals surface area contributed by atoms with Crippen LogP contribution in [0.5, 0.6) is 0 Å². The van der Waals surface area contributed by atoms with Gasteiger partial charge in [-0.25, -0.2) is 4.79 Å². The second kappa shape index (κ2) is 4.18. The summed E-state index contributed by atoms with van der Waals surface area (Å²) in [5, 5.41) is 8.38. The number of amides is 1. The maximum atomic E-state index is 10.9. The number of ether oxygens (including phenoxy) is 1. The molecule has 0 aromatic heterocycles. The third kappa shape index (κ3) is 2.38. The monoisotopic (exact) mass is 158 g/mol. The lowest BCUT2D eigenvalue weighted by Crippen LogP contribution is -2.43. The van der Waals surface area contributed by atoms with Gasteiger partial charge in [-0.1, -0.05) is 0 Å². The minimum absolute atomic E-state index is 0.0689. The van der Waals surface area contributed by atoms with E-state index in [9.17, 15) is 4.79 Å². The van der Waals surface area contributed by atoms with Gasteiger partial charge in [-0.2, -0.15) is 0 Å². The zero-order valence-electron chi connectivity index (χ0n) is 6.32.